The summed E-state index contributed by atoms with van der Waals surface area (Å²) in [5.74, 6) is -0.792. The second-order valence-corrected chi connectivity index (χ2v) is 5.11. The highest BCUT2D eigenvalue weighted by molar-refractivity contribution is 7.45. The van der Waals surface area contributed by atoms with Crippen LogP contribution in [0.15, 0.2) is 12.2 Å². The van der Waals surface area contributed by atoms with Gasteiger partial charge in [0.1, 0.15) is 0 Å². The zero-order chi connectivity index (χ0) is 16.6. The van der Waals surface area contributed by atoms with E-state index in [0.29, 0.717) is 0 Å². The van der Waals surface area contributed by atoms with Gasteiger partial charge >= 0.3 is 13.8 Å². The quantitative estimate of drug-likeness (QED) is 0.195. The Morgan fingerprint density at radius 3 is 1.45 bits per heavy atom. The molecule has 0 fully saturated rings. The van der Waals surface area contributed by atoms with Crippen molar-refractivity contribution in [2.75, 3.05) is 0 Å². The molecule has 20 heavy (non-hydrogen) atoms. The molecule has 0 spiro atoms. The van der Waals surface area contributed by atoms with Crippen LogP contribution >= 0.6 is 7.82 Å². The second kappa shape index (κ2) is 16.3. The molecule has 0 aliphatic heterocycles. The molecule has 0 atom stereocenters. The van der Waals surface area contributed by atoms with E-state index in [1.54, 1.807) is 0 Å². The Morgan fingerprint density at radius 1 is 1.05 bits per heavy atom. The zero-order valence-corrected chi connectivity index (χ0v) is 13.3. The van der Waals surface area contributed by atoms with Gasteiger partial charge in [-0.05, 0) is 6.92 Å². The first-order valence-electron chi connectivity index (χ1n) is 6.39. The molecule has 4 N–H and O–H groups in total. The first kappa shape index (κ1) is 24.3. The maximum atomic E-state index is 9.94. The molecule has 0 aromatic heterocycles. The number of phosphoric acid groups is 1. The maximum absolute atomic E-state index is 9.94. The van der Waals surface area contributed by atoms with Gasteiger partial charge in [-0.1, -0.05) is 59.0 Å². The van der Waals surface area contributed by atoms with Crippen molar-refractivity contribution in [3.8, 4) is 0 Å². The normalized spacial score (nSPS) is 9.55. The molecule has 0 aromatic carbocycles. The van der Waals surface area contributed by atoms with Crippen LogP contribution in [0.2, 0.25) is 0 Å². The van der Waals surface area contributed by atoms with Crippen molar-refractivity contribution in [2.45, 2.75) is 59.3 Å². The fraction of sp³-hybridized carbons (Fsp3) is 0.750. The van der Waals surface area contributed by atoms with Gasteiger partial charge in [-0.2, -0.15) is 5.26 Å². The summed E-state index contributed by atoms with van der Waals surface area (Å²) in [6.07, 6.45) is 8.49. The van der Waals surface area contributed by atoms with Crippen LogP contribution in [0.3, 0.4) is 0 Å². The number of hydrogen-bond donors (Lipinski definition) is 4. The highest BCUT2D eigenvalue weighted by Gasteiger charge is 2.00. The number of carbonyl (C=O) groups excluding carboxylic acids is 1. The van der Waals surface area contributed by atoms with Crippen molar-refractivity contribution in [2.24, 2.45) is 0 Å². The van der Waals surface area contributed by atoms with E-state index in [9.17, 15) is 4.79 Å². The van der Waals surface area contributed by atoms with Crippen molar-refractivity contribution >= 4 is 13.8 Å². The van der Waals surface area contributed by atoms with Crippen LogP contribution in [0.25, 0.3) is 0 Å². The molecular formula is C12H27O7P. The van der Waals surface area contributed by atoms with E-state index in [1.165, 1.54) is 45.4 Å². The van der Waals surface area contributed by atoms with Crippen LogP contribution < -0.4 is 0 Å². The van der Waals surface area contributed by atoms with Gasteiger partial charge in [0.2, 0.25) is 0 Å². The second-order valence-electron chi connectivity index (χ2n) is 4.09. The van der Waals surface area contributed by atoms with Crippen LogP contribution in [0.1, 0.15) is 59.3 Å². The molecule has 0 radical (unpaired) electrons. The Kier molecular flexibility index (Phi) is 19.9. The third kappa shape index (κ3) is 43.3. The van der Waals surface area contributed by atoms with Crippen LogP contribution in [0.4, 0.5) is 0 Å². The van der Waals surface area contributed by atoms with Crippen LogP contribution in [-0.2, 0) is 14.2 Å². The number of unbranched alkanes of at least 4 members (excludes halogenated alkanes) is 5. The minimum Gasteiger partial charge on any atom is -0.303 e. The van der Waals surface area contributed by atoms with Crippen LogP contribution in [0, 0.1) is 0 Å². The average Bonchev–Trinajstić information content (AvgIpc) is 2.32. The van der Waals surface area contributed by atoms with E-state index in [4.69, 9.17) is 24.5 Å². The first-order chi connectivity index (χ1) is 9.09. The lowest BCUT2D eigenvalue weighted by molar-refractivity contribution is -0.229. The molecule has 0 aliphatic carbocycles. The third-order valence-corrected chi connectivity index (χ3v) is 1.89. The molecule has 0 aliphatic rings. The highest BCUT2D eigenvalue weighted by Crippen LogP contribution is 2.25. The monoisotopic (exact) mass is 314 g/mol. The molecule has 0 amide bonds. The SMILES string of the molecule is C=C(C)C(=O)OO.CCCCCCCC.O=P(O)(O)O. The van der Waals surface area contributed by atoms with E-state index in [1.807, 2.05) is 0 Å². The van der Waals surface area contributed by atoms with E-state index in [-0.39, 0.29) is 5.57 Å². The standard InChI is InChI=1S/C8H18.C4H6O3.H3O4P/c1-3-5-7-8-6-4-2;1-3(2)4(5)7-6;1-5(2,3)4/h3-8H2,1-2H3;6H,1H2,2H3;(H3,1,2,3,4). The summed E-state index contributed by atoms with van der Waals surface area (Å²) in [5, 5.41) is 7.59. The van der Waals surface area contributed by atoms with Gasteiger partial charge in [0.05, 0.1) is 0 Å². The zero-order valence-electron chi connectivity index (χ0n) is 12.4. The van der Waals surface area contributed by atoms with Gasteiger partial charge in [-0.15, -0.1) is 0 Å². The minimum atomic E-state index is -4.64. The van der Waals surface area contributed by atoms with E-state index < -0.39 is 13.8 Å². The smallest absolute Gasteiger partial charge is 0.303 e. The molecule has 8 heteroatoms. The predicted octanol–water partition coefficient (Wildman–Crippen LogP) is 3.02. The van der Waals surface area contributed by atoms with Gasteiger partial charge in [0, 0.05) is 5.57 Å². The van der Waals surface area contributed by atoms with Gasteiger partial charge < -0.3 is 14.7 Å². The Labute approximate surface area is 120 Å². The van der Waals surface area contributed by atoms with Crippen molar-refractivity contribution in [3.63, 3.8) is 0 Å². The molecule has 122 valence electrons. The minimum absolute atomic E-state index is 0.183. The molecule has 0 saturated carbocycles. The highest BCUT2D eigenvalue weighted by atomic mass is 31.2. The summed E-state index contributed by atoms with van der Waals surface area (Å²) < 4.78 is 8.88. The molecule has 0 aromatic rings. The maximum Gasteiger partial charge on any atom is 0.466 e. The fourth-order valence-corrected chi connectivity index (χ4v) is 0.931. The van der Waals surface area contributed by atoms with Gasteiger partial charge in [0.25, 0.3) is 0 Å². The Morgan fingerprint density at radius 2 is 1.35 bits per heavy atom. The summed E-state index contributed by atoms with van der Waals surface area (Å²) >= 11 is 0. The fourth-order valence-electron chi connectivity index (χ4n) is 0.931. The molecule has 0 unspecified atom stereocenters. The number of carbonyl (C=O) groups is 1. The van der Waals surface area contributed by atoms with E-state index in [2.05, 4.69) is 25.3 Å². The summed E-state index contributed by atoms with van der Waals surface area (Å²) in [6, 6.07) is 0. The van der Waals surface area contributed by atoms with E-state index >= 15 is 0 Å². The van der Waals surface area contributed by atoms with Gasteiger partial charge in [-0.25, -0.2) is 9.36 Å². The van der Waals surface area contributed by atoms with Crippen LogP contribution in [-0.4, -0.2) is 25.9 Å². The summed E-state index contributed by atoms with van der Waals surface area (Å²) in [5.41, 5.74) is 0.183. The topological polar surface area (TPSA) is 124 Å². The van der Waals surface area contributed by atoms with Crippen molar-refractivity contribution < 1.29 is 34.2 Å². The largest absolute Gasteiger partial charge is 0.466 e. The lowest BCUT2D eigenvalue weighted by Gasteiger charge is -1.93. The molecular weight excluding hydrogens is 287 g/mol. The number of hydrogen-bond acceptors (Lipinski definition) is 4. The van der Waals surface area contributed by atoms with Crippen molar-refractivity contribution in [1.29, 1.82) is 0 Å². The Hall–Kier alpha value is -0.720. The Bertz CT molecular complexity index is 271. The lowest BCUT2D eigenvalue weighted by atomic mass is 10.1. The molecule has 0 heterocycles. The Balaban J connectivity index is -0.000000223. The molecule has 0 saturated heterocycles. The number of rotatable bonds is 6. The average molecular weight is 314 g/mol. The van der Waals surface area contributed by atoms with Crippen LogP contribution in [0.5, 0.6) is 0 Å². The third-order valence-electron chi connectivity index (χ3n) is 1.89. The van der Waals surface area contributed by atoms with Gasteiger partial charge in [-0.3, -0.25) is 4.89 Å². The molecule has 7 nitrogen and oxygen atoms in total. The summed E-state index contributed by atoms with van der Waals surface area (Å²) in [6.45, 7) is 9.15. The van der Waals surface area contributed by atoms with E-state index in [0.717, 1.165) is 0 Å². The summed E-state index contributed by atoms with van der Waals surface area (Å²) in [7, 11) is -4.64. The molecule has 0 bridgehead atoms. The van der Waals surface area contributed by atoms with Gasteiger partial charge in [0.15, 0.2) is 0 Å². The predicted molar refractivity (Wildman–Crippen MR) is 76.8 cm³/mol. The first-order valence-corrected chi connectivity index (χ1v) is 7.96. The summed E-state index contributed by atoms with van der Waals surface area (Å²) in [4.78, 5) is 34.8. The van der Waals surface area contributed by atoms with Crippen molar-refractivity contribution in [3.05, 3.63) is 12.2 Å². The molecule has 0 rings (SSSR count). The lowest BCUT2D eigenvalue weighted by Crippen LogP contribution is -1.99. The van der Waals surface area contributed by atoms with Crippen molar-refractivity contribution in [1.82, 2.24) is 0 Å².